The highest BCUT2D eigenvalue weighted by Crippen LogP contribution is 2.41. The Bertz CT molecular complexity index is 630. The van der Waals surface area contributed by atoms with E-state index in [1.54, 1.807) is 16.2 Å². The number of hydrogen-bond donors (Lipinski definition) is 0. The molecule has 0 bridgehead atoms. The van der Waals surface area contributed by atoms with E-state index in [2.05, 4.69) is 0 Å². The van der Waals surface area contributed by atoms with E-state index in [0.717, 1.165) is 10.9 Å². The fraction of sp³-hybridized carbons (Fsp3) is 0.214. The lowest BCUT2D eigenvalue weighted by molar-refractivity contribution is -0.128. The summed E-state index contributed by atoms with van der Waals surface area (Å²) in [6.45, 7) is 0.167. The first-order chi connectivity index (χ1) is 9.65. The molecule has 1 aromatic heterocycles. The zero-order valence-corrected chi connectivity index (χ0v) is 12.0. The number of benzene rings is 1. The highest BCUT2D eigenvalue weighted by atomic mass is 32.2. The van der Waals surface area contributed by atoms with Crippen molar-refractivity contribution in [2.45, 2.75) is 11.9 Å². The minimum Gasteiger partial charge on any atom is -0.321 e. The van der Waals surface area contributed by atoms with Crippen LogP contribution in [0.5, 0.6) is 0 Å². The van der Waals surface area contributed by atoms with Gasteiger partial charge in [0.25, 0.3) is 0 Å². The predicted octanol–water partition coefficient (Wildman–Crippen LogP) is 3.80. The Balaban J connectivity index is 1.85. The molecule has 104 valence electrons. The molecule has 1 fully saturated rings. The van der Waals surface area contributed by atoms with E-state index >= 15 is 0 Å². The maximum atomic E-state index is 13.7. The number of halogens is 2. The average molecular weight is 311 g/mol. The maximum Gasteiger partial charge on any atom is 0.234 e. The van der Waals surface area contributed by atoms with E-state index in [1.807, 2.05) is 17.5 Å². The molecule has 2 nitrogen and oxygen atoms in total. The molecule has 0 spiro atoms. The van der Waals surface area contributed by atoms with E-state index in [1.165, 1.54) is 23.9 Å². The molecule has 2 heterocycles. The Morgan fingerprint density at radius 1 is 1.30 bits per heavy atom. The first-order valence-corrected chi connectivity index (χ1v) is 7.96. The third kappa shape index (κ3) is 2.58. The first kappa shape index (κ1) is 13.6. The number of hydrogen-bond acceptors (Lipinski definition) is 3. The third-order valence-corrected chi connectivity index (χ3v) is 5.42. The summed E-state index contributed by atoms with van der Waals surface area (Å²) < 4.78 is 26.6. The van der Waals surface area contributed by atoms with Gasteiger partial charge < -0.3 is 4.90 Å². The van der Waals surface area contributed by atoms with E-state index in [4.69, 9.17) is 0 Å². The van der Waals surface area contributed by atoms with Crippen LogP contribution in [0.15, 0.2) is 35.7 Å². The maximum absolute atomic E-state index is 13.7. The Morgan fingerprint density at radius 2 is 2.15 bits per heavy atom. The number of rotatable bonds is 3. The van der Waals surface area contributed by atoms with Crippen molar-refractivity contribution in [2.75, 3.05) is 5.75 Å². The van der Waals surface area contributed by atoms with Crippen LogP contribution in [0.25, 0.3) is 0 Å². The highest BCUT2D eigenvalue weighted by Gasteiger charge is 2.33. The first-order valence-electron chi connectivity index (χ1n) is 6.03. The lowest BCUT2D eigenvalue weighted by atomic mass is 10.2. The normalized spacial score (nSPS) is 18.8. The van der Waals surface area contributed by atoms with Crippen molar-refractivity contribution in [2.24, 2.45) is 0 Å². The summed E-state index contributed by atoms with van der Waals surface area (Å²) in [4.78, 5) is 14.7. The second-order valence-electron chi connectivity index (χ2n) is 4.44. The Hall–Kier alpha value is -1.40. The zero-order valence-electron chi connectivity index (χ0n) is 10.4. The minimum atomic E-state index is -0.611. The van der Waals surface area contributed by atoms with Crippen molar-refractivity contribution in [3.8, 4) is 0 Å². The lowest BCUT2D eigenvalue weighted by Gasteiger charge is -2.23. The molecule has 0 N–H and O–H groups in total. The van der Waals surface area contributed by atoms with Gasteiger partial charge in [-0.25, -0.2) is 8.78 Å². The molecule has 3 rings (SSSR count). The van der Waals surface area contributed by atoms with Crippen LogP contribution in [0.1, 0.15) is 15.8 Å². The molecule has 0 radical (unpaired) electrons. The molecule has 1 amide bonds. The van der Waals surface area contributed by atoms with Crippen molar-refractivity contribution in [1.29, 1.82) is 0 Å². The molecule has 1 atom stereocenters. The van der Waals surface area contributed by atoms with Gasteiger partial charge in [-0.15, -0.1) is 23.1 Å². The van der Waals surface area contributed by atoms with Gasteiger partial charge in [-0.1, -0.05) is 12.1 Å². The molecule has 6 heteroatoms. The van der Waals surface area contributed by atoms with Gasteiger partial charge in [-0.2, -0.15) is 0 Å². The largest absolute Gasteiger partial charge is 0.321 e. The molecule has 1 saturated heterocycles. The Kier molecular flexibility index (Phi) is 3.76. The Morgan fingerprint density at radius 3 is 2.85 bits per heavy atom. The lowest BCUT2D eigenvalue weighted by Crippen LogP contribution is -2.27. The Labute approximate surface area is 123 Å². The smallest absolute Gasteiger partial charge is 0.234 e. The summed E-state index contributed by atoms with van der Waals surface area (Å²) in [6.07, 6.45) is 0. The summed E-state index contributed by atoms with van der Waals surface area (Å²) >= 11 is 3.11. The molecule has 20 heavy (non-hydrogen) atoms. The molecular formula is C14H11F2NOS2. The summed E-state index contributed by atoms with van der Waals surface area (Å²) in [6, 6.07) is 7.36. The third-order valence-electron chi connectivity index (χ3n) is 3.11. The standard InChI is InChI=1S/C14H11F2NOS2/c15-10-4-3-9(11(16)6-10)7-17-13(18)8-20-14(17)12-2-1-5-19-12/h1-6,14H,7-8H2. The highest BCUT2D eigenvalue weighted by molar-refractivity contribution is 8.00. The summed E-state index contributed by atoms with van der Waals surface area (Å²) in [5.74, 6) is -0.842. The van der Waals surface area contributed by atoms with Crippen LogP contribution in [-0.4, -0.2) is 16.6 Å². The van der Waals surface area contributed by atoms with Gasteiger partial charge >= 0.3 is 0 Å². The van der Waals surface area contributed by atoms with E-state index in [-0.39, 0.29) is 17.8 Å². The topological polar surface area (TPSA) is 20.3 Å². The second kappa shape index (κ2) is 5.54. The van der Waals surface area contributed by atoms with E-state index < -0.39 is 11.6 Å². The molecule has 0 saturated carbocycles. The van der Waals surface area contributed by atoms with Crippen LogP contribution < -0.4 is 0 Å². The molecule has 1 aromatic carbocycles. The summed E-state index contributed by atoms with van der Waals surface area (Å²) in [7, 11) is 0. The van der Waals surface area contributed by atoms with Gasteiger partial charge in [-0.3, -0.25) is 4.79 Å². The molecular weight excluding hydrogens is 300 g/mol. The quantitative estimate of drug-likeness (QED) is 0.859. The number of carbonyl (C=O) groups excluding carboxylic acids is 1. The second-order valence-corrected chi connectivity index (χ2v) is 6.48. The van der Waals surface area contributed by atoms with Crippen molar-refractivity contribution >= 4 is 29.0 Å². The number of thioether (sulfide) groups is 1. The molecule has 0 aliphatic carbocycles. The van der Waals surface area contributed by atoms with Gasteiger partial charge in [0.05, 0.1) is 12.3 Å². The van der Waals surface area contributed by atoms with Crippen LogP contribution in [0.4, 0.5) is 8.78 Å². The van der Waals surface area contributed by atoms with Crippen LogP contribution in [0, 0.1) is 11.6 Å². The van der Waals surface area contributed by atoms with Gasteiger partial charge in [0.2, 0.25) is 5.91 Å². The van der Waals surface area contributed by atoms with Gasteiger partial charge in [0.15, 0.2) is 0 Å². The van der Waals surface area contributed by atoms with Gasteiger partial charge in [-0.05, 0) is 17.5 Å². The SMILES string of the molecule is O=C1CSC(c2cccs2)N1Cc1ccc(F)cc1F. The summed E-state index contributed by atoms with van der Waals surface area (Å²) in [5, 5.41) is 1.88. The van der Waals surface area contributed by atoms with Crippen molar-refractivity contribution in [1.82, 2.24) is 4.90 Å². The van der Waals surface area contributed by atoms with E-state index in [9.17, 15) is 13.6 Å². The fourth-order valence-corrected chi connectivity index (χ4v) is 4.29. The minimum absolute atomic E-state index is 0.0166. The predicted molar refractivity (Wildman–Crippen MR) is 76.4 cm³/mol. The van der Waals surface area contributed by atoms with Crippen LogP contribution in [0.3, 0.4) is 0 Å². The number of amides is 1. The monoisotopic (exact) mass is 311 g/mol. The number of carbonyl (C=O) groups is 1. The fourth-order valence-electron chi connectivity index (χ4n) is 2.13. The van der Waals surface area contributed by atoms with Crippen LogP contribution in [-0.2, 0) is 11.3 Å². The molecule has 2 aromatic rings. The van der Waals surface area contributed by atoms with Crippen molar-refractivity contribution in [3.05, 3.63) is 57.8 Å². The molecule has 1 unspecified atom stereocenters. The van der Waals surface area contributed by atoms with Gasteiger partial charge in [0.1, 0.15) is 17.0 Å². The number of nitrogens with zero attached hydrogens (tertiary/aromatic N) is 1. The van der Waals surface area contributed by atoms with Gasteiger partial charge in [0, 0.05) is 16.5 Å². The number of thiophene rings is 1. The van der Waals surface area contributed by atoms with Crippen LogP contribution in [0.2, 0.25) is 0 Å². The van der Waals surface area contributed by atoms with Crippen molar-refractivity contribution < 1.29 is 13.6 Å². The van der Waals surface area contributed by atoms with Crippen molar-refractivity contribution in [3.63, 3.8) is 0 Å². The zero-order chi connectivity index (χ0) is 14.1. The summed E-state index contributed by atoms with van der Waals surface area (Å²) in [5.41, 5.74) is 0.337. The molecule has 1 aliphatic rings. The molecule has 1 aliphatic heterocycles. The average Bonchev–Trinajstić information content (AvgIpc) is 3.03. The van der Waals surface area contributed by atoms with E-state index in [0.29, 0.717) is 11.3 Å². The van der Waals surface area contributed by atoms with Crippen LogP contribution >= 0.6 is 23.1 Å².